The summed E-state index contributed by atoms with van der Waals surface area (Å²) in [6.07, 6.45) is 3.20. The first-order valence-electron chi connectivity index (χ1n) is 4.03. The van der Waals surface area contributed by atoms with E-state index in [2.05, 4.69) is 0 Å². The Morgan fingerprint density at radius 2 is 2.10 bits per heavy atom. The molecule has 0 bridgehead atoms. The molecule has 0 saturated heterocycles. The molecule has 10 heavy (non-hydrogen) atoms. The molecule has 0 aromatic carbocycles. The van der Waals surface area contributed by atoms with E-state index in [-0.39, 0.29) is 18.3 Å². The van der Waals surface area contributed by atoms with Gasteiger partial charge in [0.25, 0.3) is 0 Å². The lowest BCUT2D eigenvalue weighted by molar-refractivity contribution is -0.0481. The summed E-state index contributed by atoms with van der Waals surface area (Å²) in [5.74, 6) is 0. The molecular weight excluding hydrogens is 128 g/mol. The van der Waals surface area contributed by atoms with E-state index in [1.54, 1.807) is 0 Å². The van der Waals surface area contributed by atoms with E-state index in [0.717, 1.165) is 19.3 Å². The van der Waals surface area contributed by atoms with Gasteiger partial charge in [0.2, 0.25) is 0 Å². The highest BCUT2D eigenvalue weighted by molar-refractivity contribution is 4.77. The SMILES string of the molecule is CC(C)OC1CCC[C@H]1O. The molecule has 1 N–H and O–H groups in total. The maximum Gasteiger partial charge on any atom is 0.0837 e. The fourth-order valence-corrected chi connectivity index (χ4v) is 1.41. The van der Waals surface area contributed by atoms with Gasteiger partial charge in [0, 0.05) is 0 Å². The molecule has 1 fully saturated rings. The Hall–Kier alpha value is -0.0800. The van der Waals surface area contributed by atoms with Crippen LogP contribution in [0.15, 0.2) is 0 Å². The molecule has 0 heterocycles. The monoisotopic (exact) mass is 144 g/mol. The third-order valence-corrected chi connectivity index (χ3v) is 1.86. The average Bonchev–Trinajstić information content (AvgIpc) is 2.15. The normalized spacial score (nSPS) is 33.6. The van der Waals surface area contributed by atoms with E-state index >= 15 is 0 Å². The van der Waals surface area contributed by atoms with Crippen molar-refractivity contribution in [3.05, 3.63) is 0 Å². The zero-order valence-electron chi connectivity index (χ0n) is 6.71. The van der Waals surface area contributed by atoms with Crippen LogP contribution in [0.4, 0.5) is 0 Å². The molecule has 1 unspecified atom stereocenters. The average molecular weight is 144 g/mol. The second-order valence-electron chi connectivity index (χ2n) is 3.22. The van der Waals surface area contributed by atoms with Crippen LogP contribution in [0.1, 0.15) is 33.1 Å². The van der Waals surface area contributed by atoms with E-state index in [0.29, 0.717) is 0 Å². The minimum atomic E-state index is -0.206. The van der Waals surface area contributed by atoms with E-state index in [1.807, 2.05) is 13.8 Å². The van der Waals surface area contributed by atoms with Crippen LogP contribution in [-0.4, -0.2) is 23.4 Å². The Kier molecular flexibility index (Phi) is 2.69. The summed E-state index contributed by atoms with van der Waals surface area (Å²) in [5.41, 5.74) is 0. The van der Waals surface area contributed by atoms with Gasteiger partial charge in [0.15, 0.2) is 0 Å². The predicted molar refractivity (Wildman–Crippen MR) is 39.9 cm³/mol. The van der Waals surface area contributed by atoms with Crippen molar-refractivity contribution in [3.8, 4) is 0 Å². The van der Waals surface area contributed by atoms with Gasteiger partial charge in [0.05, 0.1) is 18.3 Å². The maximum absolute atomic E-state index is 9.31. The Morgan fingerprint density at radius 3 is 2.50 bits per heavy atom. The van der Waals surface area contributed by atoms with Crippen LogP contribution in [0, 0.1) is 0 Å². The smallest absolute Gasteiger partial charge is 0.0837 e. The Labute approximate surface area is 62.2 Å². The highest BCUT2D eigenvalue weighted by Crippen LogP contribution is 2.22. The number of ether oxygens (including phenoxy) is 1. The summed E-state index contributed by atoms with van der Waals surface area (Å²) in [7, 11) is 0. The van der Waals surface area contributed by atoms with Gasteiger partial charge in [0.1, 0.15) is 0 Å². The Balaban J connectivity index is 2.26. The Morgan fingerprint density at radius 1 is 1.40 bits per heavy atom. The van der Waals surface area contributed by atoms with Crippen LogP contribution >= 0.6 is 0 Å². The summed E-state index contributed by atoms with van der Waals surface area (Å²) < 4.78 is 5.47. The van der Waals surface area contributed by atoms with Gasteiger partial charge in [-0.1, -0.05) is 0 Å². The minimum absolute atomic E-state index is 0.111. The maximum atomic E-state index is 9.31. The predicted octanol–water partition coefficient (Wildman–Crippen LogP) is 1.32. The molecule has 2 atom stereocenters. The standard InChI is InChI=1S/C8H16O2/c1-6(2)10-8-5-3-4-7(8)9/h6-9H,3-5H2,1-2H3/t7-,8?/m1/s1. The number of aliphatic hydroxyl groups excluding tert-OH is 1. The first-order chi connectivity index (χ1) is 4.70. The summed E-state index contributed by atoms with van der Waals surface area (Å²) >= 11 is 0. The third kappa shape index (κ3) is 1.96. The molecule has 0 spiro atoms. The van der Waals surface area contributed by atoms with Crippen LogP contribution in [-0.2, 0) is 4.74 Å². The van der Waals surface area contributed by atoms with Crippen LogP contribution < -0.4 is 0 Å². The zero-order chi connectivity index (χ0) is 7.56. The molecule has 0 aromatic heterocycles. The van der Waals surface area contributed by atoms with Gasteiger partial charge >= 0.3 is 0 Å². The largest absolute Gasteiger partial charge is 0.390 e. The summed E-state index contributed by atoms with van der Waals surface area (Å²) in [6.45, 7) is 4.01. The van der Waals surface area contributed by atoms with Crippen molar-refractivity contribution in [1.29, 1.82) is 0 Å². The molecule has 2 nitrogen and oxygen atoms in total. The first kappa shape index (κ1) is 8.02. The Bertz CT molecular complexity index is 101. The van der Waals surface area contributed by atoms with Gasteiger partial charge in [-0.05, 0) is 33.1 Å². The van der Waals surface area contributed by atoms with Gasteiger partial charge in [-0.2, -0.15) is 0 Å². The topological polar surface area (TPSA) is 29.5 Å². The van der Waals surface area contributed by atoms with Gasteiger partial charge in [-0.3, -0.25) is 0 Å². The van der Waals surface area contributed by atoms with E-state index < -0.39 is 0 Å². The molecule has 0 aliphatic heterocycles. The van der Waals surface area contributed by atoms with E-state index in [4.69, 9.17) is 4.74 Å². The third-order valence-electron chi connectivity index (χ3n) is 1.86. The van der Waals surface area contributed by atoms with Gasteiger partial charge in [-0.15, -0.1) is 0 Å². The van der Waals surface area contributed by atoms with Crippen molar-refractivity contribution < 1.29 is 9.84 Å². The summed E-state index contributed by atoms with van der Waals surface area (Å²) in [6, 6.07) is 0. The molecule has 60 valence electrons. The number of rotatable bonds is 2. The second kappa shape index (κ2) is 3.35. The van der Waals surface area contributed by atoms with Crippen LogP contribution in [0.5, 0.6) is 0 Å². The van der Waals surface area contributed by atoms with Crippen molar-refractivity contribution in [2.75, 3.05) is 0 Å². The molecule has 1 saturated carbocycles. The van der Waals surface area contributed by atoms with Crippen LogP contribution in [0.25, 0.3) is 0 Å². The molecule has 0 amide bonds. The summed E-state index contributed by atoms with van der Waals surface area (Å²) in [4.78, 5) is 0. The molecule has 1 aliphatic rings. The molecule has 0 aromatic rings. The van der Waals surface area contributed by atoms with Crippen LogP contribution in [0.2, 0.25) is 0 Å². The van der Waals surface area contributed by atoms with Gasteiger partial charge < -0.3 is 9.84 Å². The zero-order valence-corrected chi connectivity index (χ0v) is 6.71. The fraction of sp³-hybridized carbons (Fsp3) is 1.00. The van der Waals surface area contributed by atoms with E-state index in [1.165, 1.54) is 0 Å². The lowest BCUT2D eigenvalue weighted by Crippen LogP contribution is -2.25. The molecule has 1 aliphatic carbocycles. The highest BCUT2D eigenvalue weighted by atomic mass is 16.5. The number of hydrogen-bond acceptors (Lipinski definition) is 2. The molecule has 0 radical (unpaired) electrons. The molecule has 1 rings (SSSR count). The highest BCUT2D eigenvalue weighted by Gasteiger charge is 2.26. The first-order valence-corrected chi connectivity index (χ1v) is 4.03. The molecule has 2 heteroatoms. The summed E-state index contributed by atoms with van der Waals surface area (Å²) in [5, 5.41) is 9.31. The van der Waals surface area contributed by atoms with E-state index in [9.17, 15) is 5.11 Å². The quantitative estimate of drug-likeness (QED) is 0.633. The fourth-order valence-electron chi connectivity index (χ4n) is 1.41. The lowest BCUT2D eigenvalue weighted by Gasteiger charge is -2.17. The minimum Gasteiger partial charge on any atom is -0.390 e. The van der Waals surface area contributed by atoms with Crippen LogP contribution in [0.3, 0.4) is 0 Å². The van der Waals surface area contributed by atoms with Gasteiger partial charge in [-0.25, -0.2) is 0 Å². The van der Waals surface area contributed by atoms with Crippen molar-refractivity contribution in [2.24, 2.45) is 0 Å². The van der Waals surface area contributed by atoms with Crippen molar-refractivity contribution in [1.82, 2.24) is 0 Å². The lowest BCUT2D eigenvalue weighted by atomic mass is 10.2. The van der Waals surface area contributed by atoms with Crippen molar-refractivity contribution >= 4 is 0 Å². The van der Waals surface area contributed by atoms with Crippen molar-refractivity contribution in [3.63, 3.8) is 0 Å². The number of hydrogen-bond donors (Lipinski definition) is 1. The molecular formula is C8H16O2. The number of aliphatic hydroxyl groups is 1. The second-order valence-corrected chi connectivity index (χ2v) is 3.22. The van der Waals surface area contributed by atoms with Crippen molar-refractivity contribution in [2.45, 2.75) is 51.4 Å².